The SMILES string of the molecule is CN(C)c1ccc(-c2nc3sc4c(c3c(=O)[nH]2)CCC(C(C)(C)C)C4)cc1. The molecule has 2 aromatic heterocycles. The van der Waals surface area contributed by atoms with Crippen LogP contribution >= 0.6 is 11.3 Å². The summed E-state index contributed by atoms with van der Waals surface area (Å²) in [5.41, 5.74) is 3.60. The van der Waals surface area contributed by atoms with Crippen LogP contribution < -0.4 is 10.5 Å². The Morgan fingerprint density at radius 1 is 1.19 bits per heavy atom. The summed E-state index contributed by atoms with van der Waals surface area (Å²) in [7, 11) is 4.03. The molecule has 4 rings (SSSR count). The molecular weight excluding hydrogens is 354 g/mol. The Labute approximate surface area is 164 Å². The van der Waals surface area contributed by atoms with Crippen molar-refractivity contribution in [1.29, 1.82) is 0 Å². The van der Waals surface area contributed by atoms with Gasteiger partial charge in [0.15, 0.2) is 0 Å². The van der Waals surface area contributed by atoms with Crippen molar-refractivity contribution in [2.24, 2.45) is 11.3 Å². The normalized spacial score (nSPS) is 17.1. The zero-order valence-corrected chi connectivity index (χ0v) is 17.5. The van der Waals surface area contributed by atoms with E-state index in [9.17, 15) is 4.79 Å². The van der Waals surface area contributed by atoms with Gasteiger partial charge in [0.05, 0.1) is 5.39 Å². The number of rotatable bonds is 2. The number of aryl methyl sites for hydroxylation is 1. The van der Waals surface area contributed by atoms with E-state index in [1.54, 1.807) is 11.3 Å². The van der Waals surface area contributed by atoms with Crippen molar-refractivity contribution >= 4 is 27.2 Å². The number of nitrogens with one attached hydrogen (secondary N) is 1. The van der Waals surface area contributed by atoms with Crippen molar-refractivity contribution in [2.45, 2.75) is 40.0 Å². The maximum atomic E-state index is 12.9. The summed E-state index contributed by atoms with van der Waals surface area (Å²) in [5, 5.41) is 0.816. The zero-order chi connectivity index (χ0) is 19.3. The van der Waals surface area contributed by atoms with Crippen LogP contribution in [0.5, 0.6) is 0 Å². The van der Waals surface area contributed by atoms with Crippen LogP contribution in [-0.4, -0.2) is 24.1 Å². The Bertz CT molecular complexity index is 1040. The highest BCUT2D eigenvalue weighted by Crippen LogP contribution is 2.42. The molecule has 27 heavy (non-hydrogen) atoms. The van der Waals surface area contributed by atoms with Crippen molar-refractivity contribution in [2.75, 3.05) is 19.0 Å². The standard InChI is InChI=1S/C22H27N3OS/c1-22(2,3)14-8-11-16-17(12-14)27-21-18(16)20(26)23-19(24-21)13-6-9-15(10-7-13)25(4)5/h6-7,9-10,14H,8,11-12H2,1-5H3,(H,23,24,26). The first-order valence-corrected chi connectivity index (χ1v) is 10.4. The Morgan fingerprint density at radius 2 is 1.89 bits per heavy atom. The first kappa shape index (κ1) is 18.2. The molecule has 5 heteroatoms. The summed E-state index contributed by atoms with van der Waals surface area (Å²) in [4.78, 5) is 25.0. The van der Waals surface area contributed by atoms with Crippen LogP contribution in [-0.2, 0) is 12.8 Å². The smallest absolute Gasteiger partial charge is 0.260 e. The maximum absolute atomic E-state index is 12.9. The molecule has 0 bridgehead atoms. The molecule has 2 heterocycles. The Kier molecular flexibility index (Phi) is 4.38. The van der Waals surface area contributed by atoms with Gasteiger partial charge in [-0.25, -0.2) is 4.98 Å². The van der Waals surface area contributed by atoms with Crippen molar-refractivity contribution < 1.29 is 0 Å². The second-order valence-corrected chi connectivity index (χ2v) is 9.93. The topological polar surface area (TPSA) is 49.0 Å². The predicted octanol–water partition coefficient (Wildman–Crippen LogP) is 4.87. The molecule has 0 aliphatic heterocycles. The van der Waals surface area contributed by atoms with Gasteiger partial charge in [-0.3, -0.25) is 4.79 Å². The lowest BCUT2D eigenvalue weighted by Crippen LogP contribution is -2.26. The van der Waals surface area contributed by atoms with E-state index in [2.05, 4.69) is 30.7 Å². The molecule has 1 aliphatic carbocycles. The molecule has 1 atom stereocenters. The van der Waals surface area contributed by atoms with E-state index in [0.717, 1.165) is 40.7 Å². The van der Waals surface area contributed by atoms with Crippen LogP contribution in [0.15, 0.2) is 29.1 Å². The van der Waals surface area contributed by atoms with E-state index >= 15 is 0 Å². The number of hydrogen-bond donors (Lipinski definition) is 1. The van der Waals surface area contributed by atoms with Gasteiger partial charge in [-0.1, -0.05) is 20.8 Å². The molecule has 0 saturated carbocycles. The molecular formula is C22H27N3OS. The first-order chi connectivity index (χ1) is 12.7. The molecule has 0 radical (unpaired) electrons. The largest absolute Gasteiger partial charge is 0.378 e. The van der Waals surface area contributed by atoms with Crippen LogP contribution in [0.3, 0.4) is 0 Å². The number of aromatic amines is 1. The molecule has 142 valence electrons. The van der Waals surface area contributed by atoms with Crippen LogP contribution in [0, 0.1) is 11.3 Å². The van der Waals surface area contributed by atoms with E-state index in [4.69, 9.17) is 4.98 Å². The number of aromatic nitrogens is 2. The van der Waals surface area contributed by atoms with Crippen LogP contribution in [0.1, 0.15) is 37.6 Å². The third-order valence-corrected chi connectivity index (χ3v) is 6.95. The van der Waals surface area contributed by atoms with Crippen LogP contribution in [0.2, 0.25) is 0 Å². The molecule has 3 aromatic rings. The average Bonchev–Trinajstić information content (AvgIpc) is 2.99. The van der Waals surface area contributed by atoms with E-state index < -0.39 is 0 Å². The minimum atomic E-state index is -0.00149. The van der Waals surface area contributed by atoms with E-state index in [0.29, 0.717) is 17.2 Å². The Morgan fingerprint density at radius 3 is 2.52 bits per heavy atom. The number of nitrogens with zero attached hydrogens (tertiary/aromatic N) is 2. The third-order valence-electron chi connectivity index (χ3n) is 5.80. The fourth-order valence-corrected chi connectivity index (χ4v) is 5.28. The number of H-pyrrole nitrogens is 1. The maximum Gasteiger partial charge on any atom is 0.260 e. The summed E-state index contributed by atoms with van der Waals surface area (Å²) in [6.07, 6.45) is 3.20. The highest BCUT2D eigenvalue weighted by atomic mass is 32.1. The monoisotopic (exact) mass is 381 g/mol. The average molecular weight is 382 g/mol. The Balaban J connectivity index is 1.76. The van der Waals surface area contributed by atoms with E-state index in [1.165, 1.54) is 10.4 Å². The fourth-order valence-electron chi connectivity index (χ4n) is 3.98. The fraction of sp³-hybridized carbons (Fsp3) is 0.455. The first-order valence-electron chi connectivity index (χ1n) is 9.56. The second-order valence-electron chi connectivity index (χ2n) is 8.85. The predicted molar refractivity (Wildman–Crippen MR) is 115 cm³/mol. The highest BCUT2D eigenvalue weighted by molar-refractivity contribution is 7.18. The van der Waals surface area contributed by atoms with Gasteiger partial charge in [-0.2, -0.15) is 0 Å². The minimum Gasteiger partial charge on any atom is -0.378 e. The van der Waals surface area contributed by atoms with Crippen LogP contribution in [0.4, 0.5) is 5.69 Å². The lowest BCUT2D eigenvalue weighted by atomic mass is 9.72. The van der Waals surface area contributed by atoms with Gasteiger partial charge in [0.2, 0.25) is 0 Å². The van der Waals surface area contributed by atoms with Gasteiger partial charge in [-0.15, -0.1) is 11.3 Å². The molecule has 1 unspecified atom stereocenters. The van der Waals surface area contributed by atoms with Crippen molar-refractivity contribution in [3.05, 3.63) is 45.1 Å². The van der Waals surface area contributed by atoms with E-state index in [-0.39, 0.29) is 5.56 Å². The molecule has 0 spiro atoms. The van der Waals surface area contributed by atoms with Crippen molar-refractivity contribution in [3.63, 3.8) is 0 Å². The third kappa shape index (κ3) is 3.29. The molecule has 1 N–H and O–H groups in total. The number of fused-ring (bicyclic) bond motifs is 3. The molecule has 1 aromatic carbocycles. The zero-order valence-electron chi connectivity index (χ0n) is 16.7. The second kappa shape index (κ2) is 6.48. The summed E-state index contributed by atoms with van der Waals surface area (Å²) in [5.74, 6) is 1.32. The lowest BCUT2D eigenvalue weighted by Gasteiger charge is -2.33. The molecule has 1 aliphatic rings. The minimum absolute atomic E-state index is 0.00149. The van der Waals surface area contributed by atoms with Gasteiger partial charge in [0, 0.05) is 30.2 Å². The number of thiophene rings is 1. The van der Waals surface area contributed by atoms with Crippen molar-refractivity contribution in [3.8, 4) is 11.4 Å². The summed E-state index contributed by atoms with van der Waals surface area (Å²) in [6.45, 7) is 6.95. The molecule has 0 saturated heterocycles. The van der Waals surface area contributed by atoms with Crippen molar-refractivity contribution in [1.82, 2.24) is 9.97 Å². The lowest BCUT2D eigenvalue weighted by molar-refractivity contribution is 0.218. The Hall–Kier alpha value is -2.14. The number of benzene rings is 1. The molecule has 0 fully saturated rings. The highest BCUT2D eigenvalue weighted by Gasteiger charge is 2.31. The van der Waals surface area contributed by atoms with Gasteiger partial charge in [0.25, 0.3) is 5.56 Å². The van der Waals surface area contributed by atoms with Gasteiger partial charge < -0.3 is 9.88 Å². The van der Waals surface area contributed by atoms with E-state index in [1.807, 2.05) is 38.4 Å². The number of anilines is 1. The van der Waals surface area contributed by atoms with Gasteiger partial charge in [-0.05, 0) is 60.4 Å². The van der Waals surface area contributed by atoms with Gasteiger partial charge in [0.1, 0.15) is 10.7 Å². The quantitative estimate of drug-likeness (QED) is 0.689. The number of hydrogen-bond acceptors (Lipinski definition) is 4. The summed E-state index contributed by atoms with van der Waals surface area (Å²) < 4.78 is 0. The summed E-state index contributed by atoms with van der Waals surface area (Å²) in [6, 6.07) is 8.13. The van der Waals surface area contributed by atoms with Crippen LogP contribution in [0.25, 0.3) is 21.6 Å². The molecule has 0 amide bonds. The summed E-state index contributed by atoms with van der Waals surface area (Å²) >= 11 is 1.71. The van der Waals surface area contributed by atoms with Gasteiger partial charge >= 0.3 is 0 Å². The molecule has 4 nitrogen and oxygen atoms in total.